The van der Waals surface area contributed by atoms with Gasteiger partial charge >= 0.3 is 0 Å². The van der Waals surface area contributed by atoms with E-state index < -0.39 is 5.91 Å². The Labute approximate surface area is 135 Å². The smallest absolute Gasteiger partial charge is 0.273 e. The normalized spacial score (nSPS) is 10.7. The molecule has 0 aliphatic heterocycles. The van der Waals surface area contributed by atoms with Gasteiger partial charge in [0.2, 0.25) is 5.91 Å². The summed E-state index contributed by atoms with van der Waals surface area (Å²) in [6.45, 7) is 3.76. The lowest BCUT2D eigenvalue weighted by atomic mass is 10.4. The third-order valence-corrected chi connectivity index (χ3v) is 3.91. The van der Waals surface area contributed by atoms with Crippen molar-refractivity contribution in [1.82, 2.24) is 30.4 Å². The molecule has 3 aromatic rings. The van der Waals surface area contributed by atoms with E-state index in [1.54, 1.807) is 22.0 Å². The molecule has 2 N–H and O–H groups in total. The first-order valence-electron chi connectivity index (χ1n) is 6.85. The lowest BCUT2D eigenvalue weighted by Gasteiger charge is -2.04. The molecule has 2 amide bonds. The average Bonchev–Trinajstić information content (AvgIpc) is 3.14. The summed E-state index contributed by atoms with van der Waals surface area (Å²) in [7, 11) is 0. The zero-order valence-electron chi connectivity index (χ0n) is 12.5. The van der Waals surface area contributed by atoms with Gasteiger partial charge in [0.1, 0.15) is 0 Å². The van der Waals surface area contributed by atoms with Crippen molar-refractivity contribution in [3.63, 3.8) is 0 Å². The van der Waals surface area contributed by atoms with E-state index in [4.69, 9.17) is 0 Å². The summed E-state index contributed by atoms with van der Waals surface area (Å²) in [4.78, 5) is 32.6. The zero-order chi connectivity index (χ0) is 16.4. The fourth-order valence-corrected chi connectivity index (χ4v) is 2.69. The fraction of sp³-hybridized carbons (Fsp3) is 0.214. The maximum Gasteiger partial charge on any atom is 0.279 e. The van der Waals surface area contributed by atoms with Crippen LogP contribution < -0.4 is 10.9 Å². The second-order valence-corrected chi connectivity index (χ2v) is 5.88. The Morgan fingerprint density at radius 3 is 2.83 bits per heavy atom. The number of aryl methyl sites for hydroxylation is 2. The maximum absolute atomic E-state index is 11.9. The van der Waals surface area contributed by atoms with Crippen LogP contribution >= 0.6 is 11.3 Å². The predicted molar refractivity (Wildman–Crippen MR) is 83.9 cm³/mol. The summed E-state index contributed by atoms with van der Waals surface area (Å²) in [5.41, 5.74) is 6.42. The van der Waals surface area contributed by atoms with Gasteiger partial charge in [-0.2, -0.15) is 4.98 Å². The third-order valence-electron chi connectivity index (χ3n) is 3.04. The van der Waals surface area contributed by atoms with Crippen LogP contribution in [-0.2, 0) is 11.2 Å². The maximum atomic E-state index is 11.9. The largest absolute Gasteiger partial charge is 0.279 e. The second-order valence-electron chi connectivity index (χ2n) is 4.94. The van der Waals surface area contributed by atoms with Crippen LogP contribution in [0.3, 0.4) is 0 Å². The van der Waals surface area contributed by atoms with E-state index in [2.05, 4.69) is 25.9 Å². The highest BCUT2D eigenvalue weighted by atomic mass is 32.1. The number of fused-ring (bicyclic) bond motifs is 1. The van der Waals surface area contributed by atoms with Crippen LogP contribution in [0.2, 0.25) is 0 Å². The van der Waals surface area contributed by atoms with E-state index in [1.807, 2.05) is 19.9 Å². The molecule has 8 nitrogen and oxygen atoms in total. The summed E-state index contributed by atoms with van der Waals surface area (Å²) in [5.74, 6) is 0.0339. The number of nitrogens with zero attached hydrogens (tertiary/aromatic N) is 4. The zero-order valence-corrected chi connectivity index (χ0v) is 13.3. The molecule has 0 atom stereocenters. The first-order chi connectivity index (χ1) is 11.0. The highest BCUT2D eigenvalue weighted by molar-refractivity contribution is 7.12. The molecule has 9 heteroatoms. The van der Waals surface area contributed by atoms with Crippen molar-refractivity contribution in [2.24, 2.45) is 0 Å². The van der Waals surface area contributed by atoms with Gasteiger partial charge in [0, 0.05) is 11.4 Å². The minimum absolute atomic E-state index is 0.0490. The number of aromatic nitrogens is 4. The van der Waals surface area contributed by atoms with Gasteiger partial charge in [-0.1, -0.05) is 6.07 Å². The number of thiophene rings is 1. The number of hydrogen-bond acceptors (Lipinski definition) is 6. The van der Waals surface area contributed by atoms with Crippen molar-refractivity contribution < 1.29 is 9.59 Å². The molecule has 0 aliphatic rings. The van der Waals surface area contributed by atoms with Crippen LogP contribution in [0.15, 0.2) is 23.6 Å². The molecule has 0 radical (unpaired) electrons. The first kappa shape index (κ1) is 15.1. The van der Waals surface area contributed by atoms with E-state index in [-0.39, 0.29) is 12.3 Å². The molecule has 23 heavy (non-hydrogen) atoms. The molecule has 3 rings (SSSR count). The number of nitrogens with one attached hydrogen (secondary N) is 2. The van der Waals surface area contributed by atoms with Crippen molar-refractivity contribution in [3.05, 3.63) is 45.7 Å². The molecule has 0 aromatic carbocycles. The minimum atomic E-state index is -0.403. The van der Waals surface area contributed by atoms with Gasteiger partial charge in [-0.15, -0.1) is 16.4 Å². The van der Waals surface area contributed by atoms with Gasteiger partial charge < -0.3 is 0 Å². The van der Waals surface area contributed by atoms with Crippen LogP contribution in [0.4, 0.5) is 0 Å². The molecule has 0 fully saturated rings. The number of amides is 2. The molecule has 0 saturated carbocycles. The van der Waals surface area contributed by atoms with Crippen LogP contribution in [0.1, 0.15) is 26.9 Å². The predicted octanol–water partition coefficient (Wildman–Crippen LogP) is 0.806. The van der Waals surface area contributed by atoms with Gasteiger partial charge in [0.05, 0.1) is 11.3 Å². The Bertz CT molecular complexity index is 871. The minimum Gasteiger partial charge on any atom is -0.273 e. The first-order valence-corrected chi connectivity index (χ1v) is 7.73. The van der Waals surface area contributed by atoms with Gasteiger partial charge in [-0.25, -0.2) is 9.50 Å². The monoisotopic (exact) mass is 330 g/mol. The van der Waals surface area contributed by atoms with Crippen LogP contribution in [-0.4, -0.2) is 31.4 Å². The number of hydrazine groups is 1. The molecule has 3 heterocycles. The summed E-state index contributed by atoms with van der Waals surface area (Å²) in [6, 6.07) is 5.32. The highest BCUT2D eigenvalue weighted by Crippen LogP contribution is 2.07. The van der Waals surface area contributed by atoms with E-state index in [9.17, 15) is 9.59 Å². The van der Waals surface area contributed by atoms with E-state index in [0.29, 0.717) is 16.5 Å². The van der Waals surface area contributed by atoms with Crippen molar-refractivity contribution >= 4 is 28.9 Å². The van der Waals surface area contributed by atoms with Gasteiger partial charge in [0.25, 0.3) is 11.7 Å². The van der Waals surface area contributed by atoms with Gasteiger partial charge in [-0.05, 0) is 31.4 Å². The van der Waals surface area contributed by atoms with Crippen LogP contribution in [0, 0.1) is 13.8 Å². The Hall–Kier alpha value is -2.81. The van der Waals surface area contributed by atoms with Crippen molar-refractivity contribution in [1.29, 1.82) is 0 Å². The lowest BCUT2D eigenvalue weighted by Crippen LogP contribution is -2.42. The summed E-state index contributed by atoms with van der Waals surface area (Å²) in [6.07, 6.45) is -0.0490. The third kappa shape index (κ3) is 3.34. The number of hydrogen-bond donors (Lipinski definition) is 2. The molecule has 0 spiro atoms. The standard InChI is InChI=1S/C14H14N6O2S/c1-8-6-9(2)20-14(15-8)16-11(19-20)7-12(21)17-18-13(22)10-4-3-5-23-10/h3-6H,7H2,1-2H3,(H,17,21)(H,18,22). The van der Waals surface area contributed by atoms with Crippen LogP contribution in [0.25, 0.3) is 5.78 Å². The van der Waals surface area contributed by atoms with Gasteiger partial charge in [-0.3, -0.25) is 20.4 Å². The number of carbonyl (C=O) groups excluding carboxylic acids is 2. The SMILES string of the molecule is Cc1cc(C)n2nc(CC(=O)NNC(=O)c3cccs3)nc2n1. The lowest BCUT2D eigenvalue weighted by molar-refractivity contribution is -0.121. The Morgan fingerprint density at radius 1 is 1.26 bits per heavy atom. The average molecular weight is 330 g/mol. The van der Waals surface area contributed by atoms with Crippen LogP contribution in [0.5, 0.6) is 0 Å². The van der Waals surface area contributed by atoms with Crippen molar-refractivity contribution in [2.45, 2.75) is 20.3 Å². The quantitative estimate of drug-likeness (QED) is 0.692. The topological polar surface area (TPSA) is 101 Å². The van der Waals surface area contributed by atoms with E-state index in [1.165, 1.54) is 11.3 Å². The van der Waals surface area contributed by atoms with E-state index >= 15 is 0 Å². The number of rotatable bonds is 3. The van der Waals surface area contributed by atoms with Crippen molar-refractivity contribution in [2.75, 3.05) is 0 Å². The van der Waals surface area contributed by atoms with Gasteiger partial charge in [0.15, 0.2) is 5.82 Å². The fourth-order valence-electron chi connectivity index (χ4n) is 2.07. The molecule has 0 unspecified atom stereocenters. The second kappa shape index (κ2) is 6.13. The molecule has 3 aromatic heterocycles. The Kier molecular flexibility index (Phi) is 4.02. The van der Waals surface area contributed by atoms with Crippen molar-refractivity contribution in [3.8, 4) is 0 Å². The molecule has 0 aliphatic carbocycles. The Morgan fingerprint density at radius 2 is 2.09 bits per heavy atom. The summed E-state index contributed by atoms with van der Waals surface area (Å²) in [5, 5.41) is 6.03. The molecule has 118 valence electrons. The molecular formula is C14H14N6O2S. The number of carbonyl (C=O) groups is 2. The van der Waals surface area contributed by atoms with E-state index in [0.717, 1.165) is 11.4 Å². The molecular weight excluding hydrogens is 316 g/mol. The summed E-state index contributed by atoms with van der Waals surface area (Å²) >= 11 is 1.29. The molecule has 0 bridgehead atoms. The highest BCUT2D eigenvalue weighted by Gasteiger charge is 2.13. The molecule has 0 saturated heterocycles. The Balaban J connectivity index is 1.64. The summed E-state index contributed by atoms with van der Waals surface area (Å²) < 4.78 is 1.58.